The number of carbonyl (C=O) groups is 1. The average molecular weight is 301 g/mol. The molecule has 2 aliphatic heterocycles. The summed E-state index contributed by atoms with van der Waals surface area (Å²) in [5, 5.41) is 0. The summed E-state index contributed by atoms with van der Waals surface area (Å²) in [6.07, 6.45) is 5.72. The maximum atomic E-state index is 12.5. The van der Waals surface area contributed by atoms with Crippen LogP contribution in [0.3, 0.4) is 0 Å². The normalized spacial score (nSPS) is 18.4. The van der Waals surface area contributed by atoms with Crippen molar-refractivity contribution in [2.45, 2.75) is 58.0 Å². The molecule has 118 valence electrons. The highest BCUT2D eigenvalue weighted by Gasteiger charge is 2.35. The van der Waals surface area contributed by atoms with E-state index in [-0.39, 0.29) is 5.91 Å². The summed E-state index contributed by atoms with van der Waals surface area (Å²) in [6.45, 7) is 4.26. The van der Waals surface area contributed by atoms with Gasteiger partial charge in [-0.15, -0.1) is 0 Å². The highest BCUT2D eigenvalue weighted by Crippen LogP contribution is 2.42. The summed E-state index contributed by atoms with van der Waals surface area (Å²) in [5.41, 5.74) is 3.71. The second-order valence-corrected chi connectivity index (χ2v) is 6.52. The molecule has 1 fully saturated rings. The van der Waals surface area contributed by atoms with Crippen molar-refractivity contribution in [3.8, 4) is 11.5 Å². The van der Waals surface area contributed by atoms with Gasteiger partial charge in [-0.05, 0) is 25.3 Å². The van der Waals surface area contributed by atoms with E-state index in [1.165, 1.54) is 16.7 Å². The lowest BCUT2D eigenvalue weighted by atomic mass is 9.99. The van der Waals surface area contributed by atoms with Crippen LogP contribution in [0.2, 0.25) is 0 Å². The molecule has 1 amide bonds. The molecule has 0 atom stereocenters. The predicted octanol–water partition coefficient (Wildman–Crippen LogP) is 2.85. The van der Waals surface area contributed by atoms with Crippen LogP contribution in [0.15, 0.2) is 6.07 Å². The zero-order valence-corrected chi connectivity index (χ0v) is 13.2. The van der Waals surface area contributed by atoms with Crippen molar-refractivity contribution < 1.29 is 14.3 Å². The van der Waals surface area contributed by atoms with E-state index in [4.69, 9.17) is 9.47 Å². The second kappa shape index (κ2) is 5.49. The maximum absolute atomic E-state index is 12.5. The van der Waals surface area contributed by atoms with Gasteiger partial charge in [0.15, 0.2) is 0 Å². The molecule has 0 unspecified atom stereocenters. The Hall–Kier alpha value is -1.71. The van der Waals surface area contributed by atoms with Gasteiger partial charge in [0.05, 0.1) is 13.2 Å². The molecule has 1 saturated carbocycles. The van der Waals surface area contributed by atoms with Crippen LogP contribution in [-0.4, -0.2) is 30.1 Å². The number of hydrogen-bond acceptors (Lipinski definition) is 3. The van der Waals surface area contributed by atoms with E-state index in [0.717, 1.165) is 56.8 Å². The third kappa shape index (κ3) is 2.34. The Kier molecular flexibility index (Phi) is 3.47. The second-order valence-electron chi connectivity index (χ2n) is 6.52. The van der Waals surface area contributed by atoms with Crippen molar-refractivity contribution in [1.82, 2.24) is 4.90 Å². The number of hydrogen-bond donors (Lipinski definition) is 0. The van der Waals surface area contributed by atoms with E-state index in [0.29, 0.717) is 19.0 Å². The average Bonchev–Trinajstić information content (AvgIpc) is 3.05. The van der Waals surface area contributed by atoms with E-state index >= 15 is 0 Å². The number of amides is 1. The highest BCUT2D eigenvalue weighted by molar-refractivity contribution is 5.77. The van der Waals surface area contributed by atoms with Gasteiger partial charge >= 0.3 is 0 Å². The molecule has 4 rings (SSSR count). The van der Waals surface area contributed by atoms with E-state index in [2.05, 4.69) is 17.9 Å². The lowest BCUT2D eigenvalue weighted by molar-refractivity contribution is -0.132. The van der Waals surface area contributed by atoms with Crippen LogP contribution < -0.4 is 9.47 Å². The van der Waals surface area contributed by atoms with Gasteiger partial charge in [-0.1, -0.05) is 6.92 Å². The smallest absolute Gasteiger partial charge is 0.223 e. The number of rotatable bonds is 5. The Morgan fingerprint density at radius 2 is 2.09 bits per heavy atom. The molecule has 1 aromatic carbocycles. The Balaban J connectivity index is 1.68. The van der Waals surface area contributed by atoms with Crippen molar-refractivity contribution >= 4 is 5.91 Å². The van der Waals surface area contributed by atoms with Gasteiger partial charge in [-0.25, -0.2) is 0 Å². The molecule has 4 heteroatoms. The molecule has 0 bridgehead atoms. The van der Waals surface area contributed by atoms with Crippen LogP contribution in [0.1, 0.15) is 49.3 Å². The van der Waals surface area contributed by atoms with Gasteiger partial charge in [0.2, 0.25) is 5.91 Å². The molecule has 22 heavy (non-hydrogen) atoms. The first kappa shape index (κ1) is 13.9. The van der Waals surface area contributed by atoms with Crippen molar-refractivity contribution in [3.63, 3.8) is 0 Å². The largest absolute Gasteiger partial charge is 0.493 e. The molecular weight excluding hydrogens is 278 g/mol. The zero-order chi connectivity index (χ0) is 15.1. The fourth-order valence-corrected chi connectivity index (χ4v) is 3.59. The summed E-state index contributed by atoms with van der Waals surface area (Å²) in [5.74, 6) is 2.32. The quantitative estimate of drug-likeness (QED) is 0.839. The van der Waals surface area contributed by atoms with Crippen LogP contribution >= 0.6 is 0 Å². The highest BCUT2D eigenvalue weighted by atomic mass is 16.5. The summed E-state index contributed by atoms with van der Waals surface area (Å²) < 4.78 is 11.7. The van der Waals surface area contributed by atoms with Gasteiger partial charge in [0.25, 0.3) is 0 Å². The van der Waals surface area contributed by atoms with Crippen molar-refractivity contribution in [2.75, 3.05) is 13.2 Å². The Morgan fingerprint density at radius 1 is 1.27 bits per heavy atom. The SMILES string of the molecule is CCCC(=O)N(Cc1c2c(cc3c1OCC3)OCC2)C1CC1. The van der Waals surface area contributed by atoms with Gasteiger partial charge in [-0.3, -0.25) is 4.79 Å². The molecule has 1 aromatic rings. The molecular formula is C18H23NO3. The minimum absolute atomic E-state index is 0.285. The first-order valence-electron chi connectivity index (χ1n) is 8.50. The number of benzene rings is 1. The first-order chi connectivity index (χ1) is 10.8. The molecule has 3 aliphatic rings. The molecule has 4 nitrogen and oxygen atoms in total. The number of carbonyl (C=O) groups excluding carboxylic acids is 1. The lowest BCUT2D eigenvalue weighted by Gasteiger charge is -2.24. The zero-order valence-electron chi connectivity index (χ0n) is 13.2. The molecule has 0 spiro atoms. The fraction of sp³-hybridized carbons (Fsp3) is 0.611. The third-order valence-corrected chi connectivity index (χ3v) is 4.86. The van der Waals surface area contributed by atoms with E-state index < -0.39 is 0 Å². The molecule has 0 radical (unpaired) electrons. The van der Waals surface area contributed by atoms with E-state index in [9.17, 15) is 4.79 Å². The third-order valence-electron chi connectivity index (χ3n) is 4.86. The topological polar surface area (TPSA) is 38.8 Å². The minimum atomic E-state index is 0.285. The minimum Gasteiger partial charge on any atom is -0.493 e. The van der Waals surface area contributed by atoms with Crippen LogP contribution in [0.4, 0.5) is 0 Å². The van der Waals surface area contributed by atoms with Crippen LogP contribution in [-0.2, 0) is 24.2 Å². The number of nitrogens with zero attached hydrogens (tertiary/aromatic N) is 1. The van der Waals surface area contributed by atoms with Gasteiger partial charge in [0.1, 0.15) is 11.5 Å². The van der Waals surface area contributed by atoms with Crippen molar-refractivity contribution in [1.29, 1.82) is 0 Å². The van der Waals surface area contributed by atoms with Gasteiger partial charge < -0.3 is 14.4 Å². The van der Waals surface area contributed by atoms with Crippen LogP contribution in [0.25, 0.3) is 0 Å². The molecule has 0 saturated heterocycles. The van der Waals surface area contributed by atoms with Crippen LogP contribution in [0, 0.1) is 0 Å². The summed E-state index contributed by atoms with van der Waals surface area (Å²) >= 11 is 0. The lowest BCUT2D eigenvalue weighted by Crippen LogP contribution is -2.32. The van der Waals surface area contributed by atoms with Crippen molar-refractivity contribution in [2.24, 2.45) is 0 Å². The molecule has 1 aliphatic carbocycles. The summed E-state index contributed by atoms with van der Waals surface area (Å²) in [6, 6.07) is 2.58. The monoisotopic (exact) mass is 301 g/mol. The fourth-order valence-electron chi connectivity index (χ4n) is 3.59. The summed E-state index contributed by atoms with van der Waals surface area (Å²) in [4.78, 5) is 14.6. The first-order valence-corrected chi connectivity index (χ1v) is 8.50. The number of ether oxygens (including phenoxy) is 2. The predicted molar refractivity (Wildman–Crippen MR) is 83.3 cm³/mol. The maximum Gasteiger partial charge on any atom is 0.223 e. The summed E-state index contributed by atoms with van der Waals surface area (Å²) in [7, 11) is 0. The Labute approximate surface area is 131 Å². The Bertz CT molecular complexity index is 575. The molecule has 0 N–H and O–H groups in total. The standard InChI is InChI=1S/C18H23NO3/c1-2-3-17(20)19(13-4-5-13)11-15-14-7-9-21-16(14)10-12-6-8-22-18(12)15/h10,13H,2-9,11H2,1H3. The van der Waals surface area contributed by atoms with Crippen molar-refractivity contribution in [3.05, 3.63) is 22.8 Å². The number of fused-ring (bicyclic) bond motifs is 2. The molecule has 0 aromatic heterocycles. The van der Waals surface area contributed by atoms with E-state index in [1.807, 2.05) is 0 Å². The molecule has 2 heterocycles. The van der Waals surface area contributed by atoms with Crippen LogP contribution in [0.5, 0.6) is 11.5 Å². The van der Waals surface area contributed by atoms with Gasteiger partial charge in [-0.2, -0.15) is 0 Å². The van der Waals surface area contributed by atoms with E-state index in [1.54, 1.807) is 0 Å². The van der Waals surface area contributed by atoms with Gasteiger partial charge in [0, 0.05) is 48.5 Å². The Morgan fingerprint density at radius 3 is 2.86 bits per heavy atom.